The van der Waals surface area contributed by atoms with E-state index in [0.717, 1.165) is 52.0 Å². The third-order valence-electron chi connectivity index (χ3n) is 11.1. The van der Waals surface area contributed by atoms with Crippen molar-refractivity contribution in [3.05, 3.63) is 0 Å². The third-order valence-corrected chi connectivity index (χ3v) is 11.1. The number of rotatable bonds is 20. The number of likely N-dealkylation sites (tertiary alicyclic amines) is 1. The number of piperazine rings is 1. The van der Waals surface area contributed by atoms with E-state index in [1.54, 1.807) is 33.2 Å². The van der Waals surface area contributed by atoms with Crippen molar-refractivity contribution in [2.45, 2.75) is 111 Å². The molecular formula is C37H71N7O6. The molecule has 3 N–H and O–H groups in total. The first kappa shape index (κ1) is 43.8. The molecule has 0 radical (unpaired) electrons. The highest BCUT2D eigenvalue weighted by Crippen LogP contribution is 2.29. The van der Waals surface area contributed by atoms with Gasteiger partial charge in [-0.1, -0.05) is 54.9 Å². The summed E-state index contributed by atoms with van der Waals surface area (Å²) in [7, 11) is 8.82. The van der Waals surface area contributed by atoms with Crippen molar-refractivity contribution in [2.24, 2.45) is 23.7 Å². The van der Waals surface area contributed by atoms with Gasteiger partial charge in [0, 0.05) is 67.1 Å². The van der Waals surface area contributed by atoms with Crippen molar-refractivity contribution in [1.29, 1.82) is 0 Å². The summed E-state index contributed by atoms with van der Waals surface area (Å²) in [5.41, 5.74) is 0. The van der Waals surface area contributed by atoms with Gasteiger partial charge in [0.25, 0.3) is 0 Å². The smallest absolute Gasteiger partial charge is 0.245 e. The fourth-order valence-electron chi connectivity index (χ4n) is 7.62. The lowest BCUT2D eigenvalue weighted by Gasteiger charge is -2.41. The van der Waals surface area contributed by atoms with Gasteiger partial charge in [-0.3, -0.25) is 24.1 Å². The van der Waals surface area contributed by atoms with Gasteiger partial charge in [0.15, 0.2) is 0 Å². The molecule has 8 atom stereocenters. The van der Waals surface area contributed by atoms with E-state index in [9.17, 15) is 19.2 Å². The highest BCUT2D eigenvalue weighted by Gasteiger charge is 2.43. The number of ether oxygens (including phenoxy) is 2. The molecule has 0 unspecified atom stereocenters. The van der Waals surface area contributed by atoms with Crippen LogP contribution >= 0.6 is 0 Å². The maximum atomic E-state index is 14.1. The Morgan fingerprint density at radius 1 is 0.880 bits per heavy atom. The maximum absolute atomic E-state index is 14.1. The predicted molar refractivity (Wildman–Crippen MR) is 198 cm³/mol. The van der Waals surface area contributed by atoms with Crippen LogP contribution in [0, 0.1) is 23.7 Å². The topological polar surface area (TPSA) is 136 Å². The van der Waals surface area contributed by atoms with Crippen LogP contribution in [0.3, 0.4) is 0 Å². The average molecular weight is 710 g/mol. The summed E-state index contributed by atoms with van der Waals surface area (Å²) in [6, 6.07) is -1.81. The van der Waals surface area contributed by atoms with Crippen LogP contribution in [0.15, 0.2) is 0 Å². The molecule has 0 aromatic rings. The molecule has 0 bridgehead atoms. The second-order valence-corrected chi connectivity index (χ2v) is 15.3. The summed E-state index contributed by atoms with van der Waals surface area (Å²) in [6.07, 6.45) is 1.38. The third kappa shape index (κ3) is 11.9. The van der Waals surface area contributed by atoms with Crippen LogP contribution in [-0.4, -0.2) is 161 Å². The van der Waals surface area contributed by atoms with Gasteiger partial charge < -0.3 is 40.1 Å². The number of likely N-dealkylation sites (N-methyl/N-ethyl adjacent to an activating group) is 3. The number of hydrogen-bond acceptors (Lipinski definition) is 9. The summed E-state index contributed by atoms with van der Waals surface area (Å²) < 4.78 is 11.9. The molecular weight excluding hydrogens is 638 g/mol. The Hall–Kier alpha value is -2.32. The number of hydrogen-bond donors (Lipinski definition) is 3. The van der Waals surface area contributed by atoms with Crippen molar-refractivity contribution in [3.63, 3.8) is 0 Å². The van der Waals surface area contributed by atoms with Crippen LogP contribution in [0.4, 0.5) is 0 Å². The van der Waals surface area contributed by atoms with Gasteiger partial charge in [0.1, 0.15) is 6.04 Å². The van der Waals surface area contributed by atoms with Gasteiger partial charge in [-0.15, -0.1) is 0 Å². The summed E-state index contributed by atoms with van der Waals surface area (Å²) in [5, 5.41) is 9.16. The zero-order chi connectivity index (χ0) is 37.7. The molecule has 4 amide bonds. The average Bonchev–Trinajstić information content (AvgIpc) is 3.57. The molecule has 0 aliphatic carbocycles. The molecule has 2 aliphatic rings. The Kier molecular flexibility index (Phi) is 18.6. The first-order chi connectivity index (χ1) is 23.6. The van der Waals surface area contributed by atoms with Crippen LogP contribution in [0.5, 0.6) is 0 Å². The molecule has 13 heteroatoms. The predicted octanol–water partition coefficient (Wildman–Crippen LogP) is 1.66. The van der Waals surface area contributed by atoms with Gasteiger partial charge in [-0.25, -0.2) is 0 Å². The van der Waals surface area contributed by atoms with Crippen LogP contribution in [-0.2, 0) is 28.7 Å². The lowest BCUT2D eigenvalue weighted by molar-refractivity contribution is -0.147. The Morgan fingerprint density at radius 3 is 2.02 bits per heavy atom. The highest BCUT2D eigenvalue weighted by molar-refractivity contribution is 5.90. The van der Waals surface area contributed by atoms with Crippen LogP contribution in [0.1, 0.15) is 74.1 Å². The van der Waals surface area contributed by atoms with Crippen LogP contribution in [0.2, 0.25) is 0 Å². The summed E-state index contributed by atoms with van der Waals surface area (Å²) in [6.45, 7) is 19.8. The fraction of sp³-hybridized carbons (Fsp3) is 0.892. The van der Waals surface area contributed by atoms with Gasteiger partial charge in [-0.05, 0) is 44.7 Å². The van der Waals surface area contributed by atoms with Crippen LogP contribution in [0.25, 0.3) is 0 Å². The van der Waals surface area contributed by atoms with E-state index < -0.39 is 36.3 Å². The summed E-state index contributed by atoms with van der Waals surface area (Å²) in [5.74, 6) is -1.11. The summed E-state index contributed by atoms with van der Waals surface area (Å²) in [4.78, 5) is 62.8. The van der Waals surface area contributed by atoms with Crippen molar-refractivity contribution in [2.75, 3.05) is 81.2 Å². The Bertz CT molecular complexity index is 1070. The standard InChI is InChI=1S/C37H71N7O6/c1-13-26(6)33(42(10)37(48)32(25(4)5)40-36(47)31(38-8)24(2)3)29(49-11)23-30(45)44-17-14-15-28(44)34(50-12)27(7)35(46)39-16-18-43-21-19-41(9)20-22-43/h24-29,31-34,38H,13-23H2,1-12H3,(H,39,46)(H,40,47)/t26-,27+,28-,29-,31-,32-,33-,34+/m0/s1. The van der Waals surface area contributed by atoms with Crippen molar-refractivity contribution in [3.8, 4) is 0 Å². The number of amides is 4. The SMILES string of the molecule is CC[C@H](C)[C@@H]([C@H](CC(=O)N1CCC[C@H]1[C@H](OC)[C@@H](C)C(=O)NCCN1CCN(C)CC1)OC)N(C)C(=O)[C@@H](NC(=O)[C@@H](NC)C(C)C)C(C)C. The second kappa shape index (κ2) is 21.3. The zero-order valence-electron chi connectivity index (χ0n) is 33.3. The first-order valence-corrected chi connectivity index (χ1v) is 18.9. The number of carbonyl (C=O) groups excluding carboxylic acids is 4. The molecule has 2 saturated heterocycles. The number of methoxy groups -OCH3 is 2. The quantitative estimate of drug-likeness (QED) is 0.173. The van der Waals surface area contributed by atoms with Crippen molar-refractivity contribution >= 4 is 23.6 Å². The Labute approximate surface area is 302 Å². The fourth-order valence-corrected chi connectivity index (χ4v) is 7.62. The molecule has 50 heavy (non-hydrogen) atoms. The van der Waals surface area contributed by atoms with Crippen LogP contribution < -0.4 is 16.0 Å². The molecule has 0 aromatic heterocycles. The van der Waals surface area contributed by atoms with Gasteiger partial charge >= 0.3 is 0 Å². The first-order valence-electron chi connectivity index (χ1n) is 18.9. The molecule has 2 heterocycles. The lowest BCUT2D eigenvalue weighted by atomic mass is 9.89. The minimum atomic E-state index is -0.735. The number of nitrogens with zero attached hydrogens (tertiary/aromatic N) is 4. The minimum absolute atomic E-state index is 0.0154. The molecule has 0 spiro atoms. The minimum Gasteiger partial charge on any atom is -0.379 e. The van der Waals surface area contributed by atoms with E-state index in [1.807, 2.05) is 39.5 Å². The second-order valence-electron chi connectivity index (χ2n) is 15.3. The van der Waals surface area contributed by atoms with E-state index in [4.69, 9.17) is 9.47 Å². The molecule has 2 aliphatic heterocycles. The maximum Gasteiger partial charge on any atom is 0.245 e. The number of carbonyl (C=O) groups is 4. The largest absolute Gasteiger partial charge is 0.379 e. The van der Waals surface area contributed by atoms with E-state index >= 15 is 0 Å². The molecule has 2 fully saturated rings. The van der Waals surface area contributed by atoms with E-state index in [2.05, 4.69) is 46.6 Å². The van der Waals surface area contributed by atoms with E-state index in [1.165, 1.54) is 0 Å². The normalized spacial score (nSPS) is 21.7. The molecule has 290 valence electrons. The molecule has 0 aromatic carbocycles. The summed E-state index contributed by atoms with van der Waals surface area (Å²) >= 11 is 0. The molecule has 0 saturated carbocycles. The molecule has 13 nitrogen and oxygen atoms in total. The van der Waals surface area contributed by atoms with Crippen molar-refractivity contribution in [1.82, 2.24) is 35.6 Å². The Balaban J connectivity index is 2.16. The monoisotopic (exact) mass is 710 g/mol. The van der Waals surface area contributed by atoms with Gasteiger partial charge in [0.05, 0.1) is 42.7 Å². The number of nitrogens with one attached hydrogen (secondary N) is 3. The highest BCUT2D eigenvalue weighted by atomic mass is 16.5. The van der Waals surface area contributed by atoms with E-state index in [-0.39, 0.29) is 53.8 Å². The van der Waals surface area contributed by atoms with Gasteiger partial charge in [0.2, 0.25) is 23.6 Å². The van der Waals surface area contributed by atoms with Gasteiger partial charge in [-0.2, -0.15) is 0 Å². The zero-order valence-corrected chi connectivity index (χ0v) is 33.3. The van der Waals surface area contributed by atoms with E-state index in [0.29, 0.717) is 13.1 Å². The Morgan fingerprint density at radius 2 is 1.50 bits per heavy atom. The lowest BCUT2D eigenvalue weighted by Crippen LogP contribution is -2.59. The van der Waals surface area contributed by atoms with Crippen molar-refractivity contribution < 1.29 is 28.7 Å². The molecule has 2 rings (SSSR count).